The van der Waals surface area contributed by atoms with Crippen LogP contribution in [0.15, 0.2) is 30.9 Å². The van der Waals surface area contributed by atoms with Gasteiger partial charge in [0.2, 0.25) is 0 Å². The van der Waals surface area contributed by atoms with Gasteiger partial charge in [-0.2, -0.15) is 16.9 Å². The fraction of sp³-hybridized carbons (Fsp3) is 0.357. The van der Waals surface area contributed by atoms with E-state index in [4.69, 9.17) is 11.6 Å². The van der Waals surface area contributed by atoms with Crippen LogP contribution in [0.25, 0.3) is 0 Å². The molecule has 22 heavy (non-hydrogen) atoms. The zero-order valence-electron chi connectivity index (χ0n) is 12.4. The van der Waals surface area contributed by atoms with Crippen molar-refractivity contribution in [2.24, 2.45) is 0 Å². The van der Waals surface area contributed by atoms with Crippen LogP contribution in [0.1, 0.15) is 12.5 Å². The molecule has 118 valence electrons. The van der Waals surface area contributed by atoms with Gasteiger partial charge in [-0.1, -0.05) is 11.6 Å². The third-order valence-corrected chi connectivity index (χ3v) is 3.88. The first-order chi connectivity index (χ1) is 10.6. The molecule has 1 aromatic carbocycles. The van der Waals surface area contributed by atoms with Crippen molar-refractivity contribution >= 4 is 35.1 Å². The monoisotopic (exact) mass is 339 g/mol. The summed E-state index contributed by atoms with van der Waals surface area (Å²) < 4.78 is 1.67. The number of carbonyl (C=O) groups is 1. The number of benzene rings is 1. The Balaban J connectivity index is 1.90. The van der Waals surface area contributed by atoms with Gasteiger partial charge in [-0.15, -0.1) is 0 Å². The Morgan fingerprint density at radius 3 is 3.00 bits per heavy atom. The lowest BCUT2D eigenvalue weighted by Gasteiger charge is -2.15. The number of anilines is 1. The van der Waals surface area contributed by atoms with Gasteiger partial charge < -0.3 is 10.6 Å². The van der Waals surface area contributed by atoms with Gasteiger partial charge in [0.15, 0.2) is 0 Å². The van der Waals surface area contributed by atoms with E-state index >= 15 is 0 Å². The Morgan fingerprint density at radius 2 is 2.32 bits per heavy atom. The maximum absolute atomic E-state index is 12.0. The van der Waals surface area contributed by atoms with Gasteiger partial charge in [-0.3, -0.25) is 4.68 Å². The molecule has 0 aliphatic rings. The molecule has 0 saturated carbocycles. The van der Waals surface area contributed by atoms with E-state index in [1.54, 1.807) is 34.9 Å². The highest BCUT2D eigenvalue weighted by Crippen LogP contribution is 2.23. The highest BCUT2D eigenvalue weighted by atomic mass is 35.5. The van der Waals surface area contributed by atoms with Crippen molar-refractivity contribution in [2.75, 3.05) is 11.6 Å². The summed E-state index contributed by atoms with van der Waals surface area (Å²) in [6.07, 6.45) is 5.09. The van der Waals surface area contributed by atoms with E-state index in [9.17, 15) is 4.79 Å². The minimum Gasteiger partial charge on any atom is -0.334 e. The number of halogens is 1. The molecule has 1 aromatic heterocycles. The third kappa shape index (κ3) is 4.92. The number of amides is 2. The van der Waals surface area contributed by atoms with Crippen molar-refractivity contribution in [1.82, 2.24) is 20.1 Å². The van der Waals surface area contributed by atoms with E-state index in [0.29, 0.717) is 11.6 Å². The highest BCUT2D eigenvalue weighted by Gasteiger charge is 2.09. The second-order valence-electron chi connectivity index (χ2n) is 4.86. The Kier molecular flexibility index (Phi) is 6.09. The molecule has 0 unspecified atom stereocenters. The second kappa shape index (κ2) is 8.05. The van der Waals surface area contributed by atoms with Crippen LogP contribution in [0.4, 0.5) is 10.5 Å². The van der Waals surface area contributed by atoms with Gasteiger partial charge in [0.25, 0.3) is 0 Å². The number of thioether (sulfide) groups is 1. The van der Waals surface area contributed by atoms with Crippen LogP contribution in [0.2, 0.25) is 5.02 Å². The van der Waals surface area contributed by atoms with Crippen LogP contribution in [-0.2, 0) is 12.3 Å². The minimum atomic E-state index is -0.259. The number of carbonyl (C=O) groups excluding carboxylic acids is 1. The standard InChI is InChI=1S/C14H18ClN5OS/c1-10(6-20-9-16-8-17-20)18-14(21)19-12-3-4-13(15)11(5-12)7-22-2/h3-5,8-10H,6-7H2,1-2H3,(H2,18,19,21)/t10-/m1/s1. The molecule has 0 aliphatic heterocycles. The van der Waals surface area contributed by atoms with Crippen molar-refractivity contribution < 1.29 is 4.79 Å². The number of hydrogen-bond donors (Lipinski definition) is 2. The van der Waals surface area contributed by atoms with Gasteiger partial charge in [-0.25, -0.2) is 9.78 Å². The summed E-state index contributed by atoms with van der Waals surface area (Å²) in [6.45, 7) is 2.47. The summed E-state index contributed by atoms with van der Waals surface area (Å²) in [6, 6.07) is 5.14. The Morgan fingerprint density at radius 1 is 1.50 bits per heavy atom. The molecule has 2 aromatic rings. The van der Waals surface area contributed by atoms with Crippen molar-refractivity contribution in [3.63, 3.8) is 0 Å². The number of nitrogens with zero attached hydrogens (tertiary/aromatic N) is 3. The summed E-state index contributed by atoms with van der Waals surface area (Å²) in [5.74, 6) is 0.804. The lowest BCUT2D eigenvalue weighted by Crippen LogP contribution is -2.38. The molecule has 0 spiro atoms. The molecule has 0 fully saturated rings. The Hall–Kier alpha value is -1.73. The first-order valence-electron chi connectivity index (χ1n) is 6.75. The summed E-state index contributed by atoms with van der Waals surface area (Å²) in [7, 11) is 0. The molecule has 2 rings (SSSR count). The van der Waals surface area contributed by atoms with E-state index < -0.39 is 0 Å². The molecule has 1 atom stereocenters. The SMILES string of the molecule is CSCc1cc(NC(=O)N[C@H](C)Cn2cncn2)ccc1Cl. The molecule has 0 aliphatic carbocycles. The van der Waals surface area contributed by atoms with Crippen LogP contribution >= 0.6 is 23.4 Å². The van der Waals surface area contributed by atoms with Crippen molar-refractivity contribution in [3.05, 3.63) is 41.4 Å². The van der Waals surface area contributed by atoms with Crippen LogP contribution in [0, 0.1) is 0 Å². The average molecular weight is 340 g/mol. The first kappa shape index (κ1) is 16.6. The second-order valence-corrected chi connectivity index (χ2v) is 6.13. The highest BCUT2D eigenvalue weighted by molar-refractivity contribution is 7.97. The lowest BCUT2D eigenvalue weighted by molar-refractivity contribution is 0.247. The smallest absolute Gasteiger partial charge is 0.319 e. The Bertz CT molecular complexity index is 620. The molecular weight excluding hydrogens is 322 g/mol. The number of aromatic nitrogens is 3. The van der Waals surface area contributed by atoms with Crippen molar-refractivity contribution in [1.29, 1.82) is 0 Å². The molecule has 0 bridgehead atoms. The van der Waals surface area contributed by atoms with Gasteiger partial charge in [0.1, 0.15) is 12.7 Å². The molecule has 8 heteroatoms. The van der Waals surface area contributed by atoms with E-state index in [2.05, 4.69) is 20.7 Å². The summed E-state index contributed by atoms with van der Waals surface area (Å²) >= 11 is 7.80. The van der Waals surface area contributed by atoms with Crippen LogP contribution in [0.3, 0.4) is 0 Å². The summed E-state index contributed by atoms with van der Waals surface area (Å²) in [4.78, 5) is 15.9. The van der Waals surface area contributed by atoms with Crippen molar-refractivity contribution in [3.8, 4) is 0 Å². The first-order valence-corrected chi connectivity index (χ1v) is 8.53. The summed E-state index contributed by atoms with van der Waals surface area (Å²) in [5, 5.41) is 10.4. The number of hydrogen-bond acceptors (Lipinski definition) is 4. The zero-order valence-corrected chi connectivity index (χ0v) is 14.0. The normalized spacial score (nSPS) is 12.0. The summed E-state index contributed by atoms with van der Waals surface area (Å²) in [5.41, 5.74) is 1.72. The van der Waals surface area contributed by atoms with Crippen LogP contribution in [-0.4, -0.2) is 33.1 Å². The number of urea groups is 1. The maximum Gasteiger partial charge on any atom is 0.319 e. The Labute approximate surface area is 138 Å². The number of rotatable bonds is 6. The third-order valence-electron chi connectivity index (χ3n) is 2.91. The number of nitrogens with one attached hydrogen (secondary N) is 2. The molecule has 1 heterocycles. The van der Waals surface area contributed by atoms with Gasteiger partial charge in [0.05, 0.1) is 6.54 Å². The van der Waals surface area contributed by atoms with Gasteiger partial charge in [-0.05, 0) is 36.9 Å². The predicted molar refractivity (Wildman–Crippen MR) is 90.3 cm³/mol. The van der Waals surface area contributed by atoms with E-state index in [1.165, 1.54) is 6.33 Å². The zero-order chi connectivity index (χ0) is 15.9. The topological polar surface area (TPSA) is 71.8 Å². The quantitative estimate of drug-likeness (QED) is 0.848. The molecule has 0 radical (unpaired) electrons. The lowest BCUT2D eigenvalue weighted by atomic mass is 10.2. The van der Waals surface area contributed by atoms with Crippen molar-refractivity contribution in [2.45, 2.75) is 25.3 Å². The van der Waals surface area contributed by atoms with Gasteiger partial charge >= 0.3 is 6.03 Å². The molecular formula is C14H18ClN5OS. The van der Waals surface area contributed by atoms with E-state index in [0.717, 1.165) is 17.0 Å². The minimum absolute atomic E-state index is 0.0698. The van der Waals surface area contributed by atoms with E-state index in [1.807, 2.05) is 19.2 Å². The van der Waals surface area contributed by atoms with Crippen LogP contribution < -0.4 is 10.6 Å². The van der Waals surface area contributed by atoms with Crippen LogP contribution in [0.5, 0.6) is 0 Å². The largest absolute Gasteiger partial charge is 0.334 e. The fourth-order valence-corrected chi connectivity index (χ4v) is 2.78. The van der Waals surface area contributed by atoms with Gasteiger partial charge in [0, 0.05) is 22.5 Å². The molecule has 2 N–H and O–H groups in total. The average Bonchev–Trinajstić information content (AvgIpc) is 2.95. The van der Waals surface area contributed by atoms with E-state index in [-0.39, 0.29) is 12.1 Å². The maximum atomic E-state index is 12.0. The predicted octanol–water partition coefficient (Wildman–Crippen LogP) is 3.00. The molecule has 2 amide bonds. The molecule has 6 nitrogen and oxygen atoms in total. The fourth-order valence-electron chi connectivity index (χ4n) is 1.96. The molecule has 0 saturated heterocycles.